The van der Waals surface area contributed by atoms with E-state index in [1.807, 2.05) is 38.1 Å². The fraction of sp³-hybridized carbons (Fsp3) is 0.333. The third-order valence-corrected chi connectivity index (χ3v) is 2.81. The van der Waals surface area contributed by atoms with Gasteiger partial charge in [0.2, 0.25) is 0 Å². The van der Waals surface area contributed by atoms with Gasteiger partial charge in [-0.05, 0) is 17.7 Å². The van der Waals surface area contributed by atoms with Crippen LogP contribution in [0.1, 0.15) is 43.0 Å². The Hall–Kier alpha value is -1.39. The Labute approximate surface area is 105 Å². The van der Waals surface area contributed by atoms with E-state index >= 15 is 0 Å². The Bertz CT molecular complexity index is 489. The molecule has 0 saturated heterocycles. The molecule has 0 aliphatic heterocycles. The third kappa shape index (κ3) is 2.65. The van der Waals surface area contributed by atoms with Gasteiger partial charge in [0, 0.05) is 10.9 Å². The third-order valence-electron chi connectivity index (χ3n) is 2.56. The fourth-order valence-electron chi connectivity index (χ4n) is 1.51. The molecule has 0 radical (unpaired) electrons. The molecule has 3 N–H and O–H groups in total. The molecule has 0 aliphatic carbocycles. The van der Waals surface area contributed by atoms with E-state index in [0.717, 1.165) is 11.4 Å². The van der Waals surface area contributed by atoms with Crippen molar-refractivity contribution < 1.29 is 0 Å². The van der Waals surface area contributed by atoms with Crippen LogP contribution in [0.25, 0.3) is 0 Å². The van der Waals surface area contributed by atoms with Gasteiger partial charge < -0.3 is 5.73 Å². The van der Waals surface area contributed by atoms with E-state index in [2.05, 4.69) is 15.2 Å². The van der Waals surface area contributed by atoms with Crippen LogP contribution in [-0.2, 0) is 0 Å². The molecule has 17 heavy (non-hydrogen) atoms. The van der Waals surface area contributed by atoms with Crippen LogP contribution in [0.3, 0.4) is 0 Å². The van der Waals surface area contributed by atoms with Gasteiger partial charge in [0.25, 0.3) is 0 Å². The molecule has 90 valence electrons. The number of hydrogen-bond donors (Lipinski definition) is 2. The normalized spacial score (nSPS) is 13.0. The Balaban J connectivity index is 2.24. The average Bonchev–Trinajstić information content (AvgIpc) is 2.78. The molecule has 0 saturated carbocycles. The summed E-state index contributed by atoms with van der Waals surface area (Å²) in [7, 11) is 0. The number of aromatic amines is 1. The van der Waals surface area contributed by atoms with Crippen molar-refractivity contribution in [3.8, 4) is 0 Å². The van der Waals surface area contributed by atoms with Crippen LogP contribution < -0.4 is 5.73 Å². The van der Waals surface area contributed by atoms with Gasteiger partial charge in [0.1, 0.15) is 5.82 Å². The summed E-state index contributed by atoms with van der Waals surface area (Å²) in [5.41, 5.74) is 7.06. The SMILES string of the molecule is CC(C)c1n[nH]c([C@@H](N)c2ccc(Cl)cc2)n1. The summed E-state index contributed by atoms with van der Waals surface area (Å²) in [6, 6.07) is 7.12. The van der Waals surface area contributed by atoms with Gasteiger partial charge in [0.15, 0.2) is 5.82 Å². The fourth-order valence-corrected chi connectivity index (χ4v) is 1.64. The smallest absolute Gasteiger partial charge is 0.153 e. The van der Waals surface area contributed by atoms with Crippen molar-refractivity contribution in [2.24, 2.45) is 5.73 Å². The lowest BCUT2D eigenvalue weighted by atomic mass is 10.1. The standard InChI is InChI=1S/C12H15ClN4/c1-7(2)11-15-12(17-16-11)10(14)8-3-5-9(13)6-4-8/h3-7,10H,14H2,1-2H3,(H,15,16,17)/t10-/m0/s1. The molecule has 0 unspecified atom stereocenters. The molecule has 1 atom stereocenters. The minimum Gasteiger partial charge on any atom is -0.318 e. The van der Waals surface area contributed by atoms with Crippen molar-refractivity contribution in [2.45, 2.75) is 25.8 Å². The minimum absolute atomic E-state index is 0.289. The van der Waals surface area contributed by atoms with Crippen LogP contribution in [0.4, 0.5) is 0 Å². The van der Waals surface area contributed by atoms with Crippen molar-refractivity contribution in [1.82, 2.24) is 15.2 Å². The Kier molecular flexibility index (Phi) is 3.45. The van der Waals surface area contributed by atoms with Gasteiger partial charge in [-0.2, -0.15) is 5.10 Å². The molecule has 5 heteroatoms. The Morgan fingerprint density at radius 2 is 1.88 bits per heavy atom. The van der Waals surface area contributed by atoms with Crippen molar-refractivity contribution in [2.75, 3.05) is 0 Å². The largest absolute Gasteiger partial charge is 0.318 e. The molecule has 0 bridgehead atoms. The lowest BCUT2D eigenvalue weighted by Gasteiger charge is -2.08. The number of aromatic nitrogens is 3. The number of H-pyrrole nitrogens is 1. The first-order chi connectivity index (χ1) is 8.08. The highest BCUT2D eigenvalue weighted by molar-refractivity contribution is 6.30. The van der Waals surface area contributed by atoms with Gasteiger partial charge in [0.05, 0.1) is 6.04 Å². The van der Waals surface area contributed by atoms with Crippen LogP contribution in [0, 0.1) is 0 Å². The second kappa shape index (κ2) is 4.85. The summed E-state index contributed by atoms with van der Waals surface area (Å²) in [5, 5.41) is 7.71. The molecule has 1 aromatic heterocycles. The Morgan fingerprint density at radius 3 is 2.41 bits per heavy atom. The molecule has 2 aromatic rings. The minimum atomic E-state index is -0.299. The summed E-state index contributed by atoms with van der Waals surface area (Å²) >= 11 is 5.83. The molecule has 1 aromatic carbocycles. The van der Waals surface area contributed by atoms with Crippen LogP contribution in [-0.4, -0.2) is 15.2 Å². The molecule has 0 aliphatic rings. The van der Waals surface area contributed by atoms with Crippen LogP contribution in [0.2, 0.25) is 5.02 Å². The zero-order valence-electron chi connectivity index (χ0n) is 9.81. The van der Waals surface area contributed by atoms with E-state index in [-0.39, 0.29) is 12.0 Å². The molecule has 2 rings (SSSR count). The van der Waals surface area contributed by atoms with E-state index in [9.17, 15) is 0 Å². The van der Waals surface area contributed by atoms with Crippen molar-refractivity contribution in [3.63, 3.8) is 0 Å². The van der Waals surface area contributed by atoms with Crippen molar-refractivity contribution in [1.29, 1.82) is 0 Å². The molecular weight excluding hydrogens is 236 g/mol. The first-order valence-electron chi connectivity index (χ1n) is 5.51. The molecule has 0 spiro atoms. The zero-order valence-corrected chi connectivity index (χ0v) is 10.6. The van der Waals surface area contributed by atoms with E-state index in [4.69, 9.17) is 17.3 Å². The van der Waals surface area contributed by atoms with E-state index < -0.39 is 0 Å². The monoisotopic (exact) mass is 250 g/mol. The lowest BCUT2D eigenvalue weighted by molar-refractivity contribution is 0.773. The number of nitrogens with zero attached hydrogens (tertiary/aromatic N) is 2. The lowest BCUT2D eigenvalue weighted by Crippen LogP contribution is -2.13. The first-order valence-corrected chi connectivity index (χ1v) is 5.89. The molecular formula is C12H15ClN4. The van der Waals surface area contributed by atoms with Crippen molar-refractivity contribution >= 4 is 11.6 Å². The zero-order chi connectivity index (χ0) is 12.4. The highest BCUT2D eigenvalue weighted by Crippen LogP contribution is 2.19. The van der Waals surface area contributed by atoms with Crippen molar-refractivity contribution in [3.05, 3.63) is 46.5 Å². The van der Waals surface area contributed by atoms with Gasteiger partial charge in [-0.25, -0.2) is 4.98 Å². The van der Waals surface area contributed by atoms with Crippen LogP contribution >= 0.6 is 11.6 Å². The maximum absolute atomic E-state index is 6.10. The highest BCUT2D eigenvalue weighted by atomic mass is 35.5. The van der Waals surface area contributed by atoms with Gasteiger partial charge in [-0.1, -0.05) is 37.6 Å². The predicted molar refractivity (Wildman–Crippen MR) is 68.0 cm³/mol. The molecule has 0 fully saturated rings. The summed E-state index contributed by atoms with van der Waals surface area (Å²) < 4.78 is 0. The van der Waals surface area contributed by atoms with Crippen LogP contribution in [0.15, 0.2) is 24.3 Å². The highest BCUT2D eigenvalue weighted by Gasteiger charge is 2.14. The number of halogens is 1. The van der Waals surface area contributed by atoms with Gasteiger partial charge in [-0.3, -0.25) is 5.10 Å². The van der Waals surface area contributed by atoms with Gasteiger partial charge in [-0.15, -0.1) is 0 Å². The molecule has 4 nitrogen and oxygen atoms in total. The second-order valence-corrected chi connectivity index (χ2v) is 4.70. The topological polar surface area (TPSA) is 67.6 Å². The summed E-state index contributed by atoms with van der Waals surface area (Å²) in [4.78, 5) is 4.38. The number of nitrogens with two attached hydrogens (primary N) is 1. The summed E-state index contributed by atoms with van der Waals surface area (Å²) in [5.74, 6) is 1.75. The molecule has 0 amide bonds. The van der Waals surface area contributed by atoms with Crippen LogP contribution in [0.5, 0.6) is 0 Å². The summed E-state index contributed by atoms with van der Waals surface area (Å²) in [6.45, 7) is 4.08. The van der Waals surface area contributed by atoms with E-state index in [0.29, 0.717) is 10.8 Å². The number of rotatable bonds is 3. The maximum atomic E-state index is 6.10. The average molecular weight is 251 g/mol. The summed E-state index contributed by atoms with van der Waals surface area (Å²) in [6.07, 6.45) is 0. The predicted octanol–water partition coefficient (Wildman–Crippen LogP) is 2.63. The van der Waals surface area contributed by atoms with E-state index in [1.54, 1.807) is 0 Å². The quantitative estimate of drug-likeness (QED) is 0.880. The Morgan fingerprint density at radius 1 is 1.24 bits per heavy atom. The first kappa shape index (κ1) is 12.1. The second-order valence-electron chi connectivity index (χ2n) is 4.26. The number of hydrogen-bond acceptors (Lipinski definition) is 3. The number of benzene rings is 1. The van der Waals surface area contributed by atoms with Gasteiger partial charge >= 0.3 is 0 Å². The van der Waals surface area contributed by atoms with E-state index in [1.165, 1.54) is 0 Å². The molecule has 1 heterocycles. The number of nitrogens with one attached hydrogen (secondary N) is 1. The maximum Gasteiger partial charge on any atom is 0.153 e.